The van der Waals surface area contributed by atoms with E-state index in [0.29, 0.717) is 11.4 Å². The molecule has 0 aromatic heterocycles. The summed E-state index contributed by atoms with van der Waals surface area (Å²) in [6.45, 7) is 4.40. The van der Waals surface area contributed by atoms with Gasteiger partial charge in [-0.3, -0.25) is 11.3 Å². The highest BCUT2D eigenvalue weighted by atomic mass is 32.2. The first-order chi connectivity index (χ1) is 8.69. The van der Waals surface area contributed by atoms with Gasteiger partial charge in [-0.1, -0.05) is 26.0 Å². The van der Waals surface area contributed by atoms with Gasteiger partial charge in [-0.15, -0.1) is 0 Å². The van der Waals surface area contributed by atoms with Crippen LogP contribution < -0.4 is 16.0 Å². The highest BCUT2D eigenvalue weighted by molar-refractivity contribution is 7.99. The van der Waals surface area contributed by atoms with E-state index in [0.717, 1.165) is 11.5 Å². The molecule has 1 saturated carbocycles. The van der Waals surface area contributed by atoms with Crippen molar-refractivity contribution in [2.45, 2.75) is 44.1 Å². The molecular weight excluding hydrogens is 244 g/mol. The smallest absolute Gasteiger partial charge is 0.119 e. The molecule has 1 unspecified atom stereocenters. The van der Waals surface area contributed by atoms with Crippen LogP contribution in [0.25, 0.3) is 0 Å². The number of nitrogens with two attached hydrogens (primary N) is 1. The molecule has 0 spiro atoms. The van der Waals surface area contributed by atoms with Crippen molar-refractivity contribution < 1.29 is 4.74 Å². The molecule has 4 heteroatoms. The maximum Gasteiger partial charge on any atom is 0.119 e. The van der Waals surface area contributed by atoms with Crippen molar-refractivity contribution in [3.8, 4) is 5.75 Å². The Morgan fingerprint density at radius 2 is 2.00 bits per heavy atom. The summed E-state index contributed by atoms with van der Waals surface area (Å²) < 4.78 is 5.73. The van der Waals surface area contributed by atoms with Crippen molar-refractivity contribution in [1.29, 1.82) is 0 Å². The van der Waals surface area contributed by atoms with Crippen LogP contribution in [0.3, 0.4) is 0 Å². The van der Waals surface area contributed by atoms with Crippen LogP contribution in [0.15, 0.2) is 24.3 Å². The number of rotatable bonds is 7. The number of hydrogen-bond donors (Lipinski definition) is 2. The van der Waals surface area contributed by atoms with Gasteiger partial charge in [-0.25, -0.2) is 0 Å². The maximum atomic E-state index is 5.73. The second kappa shape index (κ2) is 6.45. The van der Waals surface area contributed by atoms with Crippen molar-refractivity contribution in [3.63, 3.8) is 0 Å². The molecule has 0 radical (unpaired) electrons. The Morgan fingerprint density at radius 1 is 1.33 bits per heavy atom. The number of ether oxygens (including phenoxy) is 1. The highest BCUT2D eigenvalue weighted by Gasteiger charge is 2.23. The van der Waals surface area contributed by atoms with E-state index in [1.807, 2.05) is 23.9 Å². The molecule has 2 rings (SSSR count). The number of nitrogens with one attached hydrogen (secondary N) is 1. The summed E-state index contributed by atoms with van der Waals surface area (Å²) in [7, 11) is 0. The van der Waals surface area contributed by atoms with E-state index >= 15 is 0 Å². The molecule has 1 aliphatic carbocycles. The van der Waals surface area contributed by atoms with E-state index in [1.54, 1.807) is 0 Å². The molecular formula is C14H22N2OS. The minimum atomic E-state index is 0.201. The number of benzene rings is 1. The topological polar surface area (TPSA) is 47.3 Å². The highest BCUT2D eigenvalue weighted by Crippen LogP contribution is 2.28. The van der Waals surface area contributed by atoms with E-state index in [-0.39, 0.29) is 6.04 Å². The predicted octanol–water partition coefficient (Wildman–Crippen LogP) is 2.87. The fraction of sp³-hybridized carbons (Fsp3) is 0.571. The van der Waals surface area contributed by atoms with Crippen LogP contribution in [0.1, 0.15) is 38.3 Å². The minimum absolute atomic E-state index is 0.201. The Labute approximate surface area is 113 Å². The average Bonchev–Trinajstić information content (AvgIpc) is 3.15. The predicted molar refractivity (Wildman–Crippen MR) is 77.8 cm³/mol. The van der Waals surface area contributed by atoms with Gasteiger partial charge in [0.05, 0.1) is 12.1 Å². The summed E-state index contributed by atoms with van der Waals surface area (Å²) >= 11 is 1.91. The Kier molecular flexibility index (Phi) is 4.92. The molecule has 3 N–H and O–H groups in total. The van der Waals surface area contributed by atoms with Crippen LogP contribution in [-0.2, 0) is 0 Å². The van der Waals surface area contributed by atoms with Crippen molar-refractivity contribution in [1.82, 2.24) is 5.43 Å². The van der Waals surface area contributed by atoms with Crippen LogP contribution in [0.5, 0.6) is 5.75 Å². The molecule has 0 saturated heterocycles. The van der Waals surface area contributed by atoms with Gasteiger partial charge < -0.3 is 4.74 Å². The summed E-state index contributed by atoms with van der Waals surface area (Å²) in [6, 6.07) is 8.48. The van der Waals surface area contributed by atoms with Gasteiger partial charge in [0.15, 0.2) is 0 Å². The van der Waals surface area contributed by atoms with Gasteiger partial charge in [-0.2, -0.15) is 11.8 Å². The molecule has 0 bridgehead atoms. The first-order valence-electron chi connectivity index (χ1n) is 6.53. The van der Waals surface area contributed by atoms with Crippen LogP contribution in [0.4, 0.5) is 0 Å². The zero-order valence-electron chi connectivity index (χ0n) is 11.1. The number of hydrogen-bond acceptors (Lipinski definition) is 4. The molecule has 0 amide bonds. The van der Waals surface area contributed by atoms with Crippen molar-refractivity contribution in [3.05, 3.63) is 29.8 Å². The molecule has 3 nitrogen and oxygen atoms in total. The Bertz CT molecular complexity index is 363. The zero-order chi connectivity index (χ0) is 13.0. The molecule has 1 aromatic rings. The third kappa shape index (κ3) is 4.19. The monoisotopic (exact) mass is 266 g/mol. The molecule has 100 valence electrons. The van der Waals surface area contributed by atoms with Gasteiger partial charge >= 0.3 is 0 Å². The normalized spacial score (nSPS) is 16.9. The lowest BCUT2D eigenvalue weighted by molar-refractivity contribution is 0.303. The van der Waals surface area contributed by atoms with Crippen molar-refractivity contribution in [2.75, 3.05) is 5.75 Å². The zero-order valence-corrected chi connectivity index (χ0v) is 11.9. The fourth-order valence-electron chi connectivity index (χ4n) is 1.69. The van der Waals surface area contributed by atoms with Gasteiger partial charge in [-0.05, 0) is 35.8 Å². The molecule has 18 heavy (non-hydrogen) atoms. The Morgan fingerprint density at radius 3 is 2.50 bits per heavy atom. The Balaban J connectivity index is 1.92. The summed E-state index contributed by atoms with van der Waals surface area (Å²) in [5.41, 5.74) is 4.10. The second-order valence-electron chi connectivity index (χ2n) is 4.99. The molecule has 0 heterocycles. The molecule has 1 atom stereocenters. The van der Waals surface area contributed by atoms with Gasteiger partial charge in [0.2, 0.25) is 0 Å². The summed E-state index contributed by atoms with van der Waals surface area (Å²) in [4.78, 5) is 0. The van der Waals surface area contributed by atoms with Crippen LogP contribution in [-0.4, -0.2) is 17.1 Å². The van der Waals surface area contributed by atoms with Crippen molar-refractivity contribution in [2.24, 2.45) is 5.84 Å². The summed E-state index contributed by atoms with van der Waals surface area (Å²) in [5, 5.41) is 0.623. The first kappa shape index (κ1) is 13.7. The lowest BCUT2D eigenvalue weighted by Crippen LogP contribution is -2.30. The largest absolute Gasteiger partial charge is 0.490 e. The number of hydrazine groups is 1. The van der Waals surface area contributed by atoms with Gasteiger partial charge in [0.1, 0.15) is 5.75 Å². The quantitative estimate of drug-likeness (QED) is 0.588. The summed E-state index contributed by atoms with van der Waals surface area (Å²) in [6.07, 6.45) is 2.84. The van der Waals surface area contributed by atoms with Gasteiger partial charge in [0.25, 0.3) is 0 Å². The molecule has 1 aromatic carbocycles. The van der Waals surface area contributed by atoms with E-state index in [2.05, 4.69) is 31.4 Å². The third-order valence-corrected chi connectivity index (χ3v) is 4.10. The third-order valence-electron chi connectivity index (χ3n) is 2.91. The minimum Gasteiger partial charge on any atom is -0.490 e. The van der Waals surface area contributed by atoms with E-state index < -0.39 is 0 Å². The molecule has 0 aliphatic heterocycles. The van der Waals surface area contributed by atoms with Crippen molar-refractivity contribution >= 4 is 11.8 Å². The second-order valence-corrected chi connectivity index (χ2v) is 6.60. The van der Waals surface area contributed by atoms with E-state index in [9.17, 15) is 0 Å². The molecule has 1 aliphatic rings. The fourth-order valence-corrected chi connectivity index (χ4v) is 2.55. The maximum absolute atomic E-state index is 5.73. The molecule has 1 fully saturated rings. The first-order valence-corrected chi connectivity index (χ1v) is 7.58. The van der Waals surface area contributed by atoms with Gasteiger partial charge in [0, 0.05) is 5.75 Å². The lowest BCUT2D eigenvalue weighted by atomic mass is 10.1. The lowest BCUT2D eigenvalue weighted by Gasteiger charge is -2.17. The van der Waals surface area contributed by atoms with E-state index in [1.165, 1.54) is 18.4 Å². The van der Waals surface area contributed by atoms with Crippen LogP contribution in [0.2, 0.25) is 0 Å². The van der Waals surface area contributed by atoms with Crippen LogP contribution >= 0.6 is 11.8 Å². The van der Waals surface area contributed by atoms with Crippen LogP contribution in [0, 0.1) is 0 Å². The average molecular weight is 266 g/mol. The standard InChI is InChI=1S/C14H22N2OS/c1-10(2)18-9-14(16-15)11-3-5-12(6-4-11)17-13-7-8-13/h3-6,10,13-14,16H,7-9,15H2,1-2H3. The summed E-state index contributed by atoms with van der Waals surface area (Å²) in [5.74, 6) is 7.57. The van der Waals surface area contributed by atoms with E-state index in [4.69, 9.17) is 10.6 Å². The number of thioether (sulfide) groups is 1. The SMILES string of the molecule is CC(C)SCC(NN)c1ccc(OC2CC2)cc1. The Hall–Kier alpha value is -0.710.